The van der Waals surface area contributed by atoms with E-state index in [1.165, 1.54) is 6.92 Å². The van der Waals surface area contributed by atoms with Gasteiger partial charge in [-0.25, -0.2) is 0 Å². The first-order valence-corrected chi connectivity index (χ1v) is 9.20. The van der Waals surface area contributed by atoms with Crippen LogP contribution in [0.4, 0.5) is 11.4 Å². The van der Waals surface area contributed by atoms with Gasteiger partial charge in [0.25, 0.3) is 0 Å². The monoisotopic (exact) mass is 392 g/mol. The van der Waals surface area contributed by atoms with E-state index in [0.29, 0.717) is 36.2 Å². The van der Waals surface area contributed by atoms with E-state index < -0.39 is 0 Å². The lowest BCUT2D eigenvalue weighted by molar-refractivity contribution is -0.118. The molecule has 1 aliphatic rings. The van der Waals surface area contributed by atoms with Crippen LogP contribution in [0.15, 0.2) is 53.3 Å². The maximum atomic E-state index is 12.2. The van der Waals surface area contributed by atoms with E-state index >= 15 is 0 Å². The molecule has 1 saturated heterocycles. The van der Waals surface area contributed by atoms with Crippen molar-refractivity contribution in [2.45, 2.75) is 12.8 Å². The zero-order valence-electron chi connectivity index (χ0n) is 15.8. The van der Waals surface area contributed by atoms with Crippen LogP contribution in [-0.2, 0) is 9.59 Å². The number of anilines is 2. The van der Waals surface area contributed by atoms with Gasteiger partial charge in [-0.05, 0) is 36.4 Å². The molecule has 2 amide bonds. The molecule has 9 nitrogen and oxygen atoms in total. The van der Waals surface area contributed by atoms with Crippen molar-refractivity contribution >= 4 is 23.2 Å². The minimum atomic E-state index is -0.136. The molecule has 29 heavy (non-hydrogen) atoms. The number of nitrogens with one attached hydrogen (secondary N) is 2. The molecule has 1 aromatic carbocycles. The Morgan fingerprint density at radius 1 is 1.14 bits per heavy atom. The summed E-state index contributed by atoms with van der Waals surface area (Å²) in [5, 5.41) is 9.54. The Balaban J connectivity index is 1.25. The Bertz CT molecular complexity index is 997. The number of rotatable bonds is 6. The number of pyridine rings is 1. The minimum Gasteiger partial charge on any atom is -0.339 e. The van der Waals surface area contributed by atoms with Crippen molar-refractivity contribution in [1.29, 1.82) is 0 Å². The molecule has 1 fully saturated rings. The zero-order valence-corrected chi connectivity index (χ0v) is 15.8. The molecule has 148 valence electrons. The second kappa shape index (κ2) is 8.19. The second-order valence-electron chi connectivity index (χ2n) is 6.90. The summed E-state index contributed by atoms with van der Waals surface area (Å²) in [6.07, 6.45) is 3.38. The van der Waals surface area contributed by atoms with Crippen LogP contribution in [0.3, 0.4) is 0 Å². The van der Waals surface area contributed by atoms with E-state index in [-0.39, 0.29) is 24.3 Å². The lowest BCUT2D eigenvalue weighted by Gasteiger charge is -2.36. The van der Waals surface area contributed by atoms with Crippen molar-refractivity contribution in [1.82, 2.24) is 20.0 Å². The zero-order chi connectivity index (χ0) is 20.2. The van der Waals surface area contributed by atoms with Gasteiger partial charge < -0.3 is 15.2 Å². The SMILES string of the molecule is CC(=O)Nc1ccc(NC(=O)CN2CC(c3nc(-c4cccnc4)no3)C2)cc1. The van der Waals surface area contributed by atoms with Gasteiger partial charge in [0.1, 0.15) is 0 Å². The van der Waals surface area contributed by atoms with E-state index in [2.05, 4.69) is 25.8 Å². The molecular formula is C20H20N6O3. The van der Waals surface area contributed by atoms with Gasteiger partial charge in [0.2, 0.25) is 23.5 Å². The molecule has 1 aliphatic heterocycles. The summed E-state index contributed by atoms with van der Waals surface area (Å²) in [4.78, 5) is 33.8. The molecule has 0 unspecified atom stereocenters. The lowest BCUT2D eigenvalue weighted by Crippen LogP contribution is -2.48. The van der Waals surface area contributed by atoms with E-state index in [1.54, 1.807) is 36.7 Å². The highest BCUT2D eigenvalue weighted by Crippen LogP contribution is 2.27. The molecule has 0 bridgehead atoms. The van der Waals surface area contributed by atoms with Gasteiger partial charge in [-0.1, -0.05) is 5.16 Å². The van der Waals surface area contributed by atoms with Crippen molar-refractivity contribution in [3.8, 4) is 11.4 Å². The summed E-state index contributed by atoms with van der Waals surface area (Å²) < 4.78 is 5.36. The van der Waals surface area contributed by atoms with Crippen LogP contribution < -0.4 is 10.6 Å². The fourth-order valence-electron chi connectivity index (χ4n) is 3.11. The highest BCUT2D eigenvalue weighted by atomic mass is 16.5. The minimum absolute atomic E-state index is 0.0997. The number of hydrogen-bond acceptors (Lipinski definition) is 7. The van der Waals surface area contributed by atoms with Crippen LogP contribution in [0, 0.1) is 0 Å². The third kappa shape index (κ3) is 4.64. The first kappa shape index (κ1) is 18.8. The van der Waals surface area contributed by atoms with Crippen LogP contribution in [0.25, 0.3) is 11.4 Å². The quantitative estimate of drug-likeness (QED) is 0.661. The molecule has 3 heterocycles. The maximum absolute atomic E-state index is 12.2. The van der Waals surface area contributed by atoms with E-state index in [9.17, 15) is 9.59 Å². The average Bonchev–Trinajstić information content (AvgIpc) is 3.16. The largest absolute Gasteiger partial charge is 0.339 e. The Kier molecular flexibility index (Phi) is 5.30. The van der Waals surface area contributed by atoms with Gasteiger partial charge in [-0.15, -0.1) is 0 Å². The molecule has 4 rings (SSSR count). The van der Waals surface area contributed by atoms with E-state index in [0.717, 1.165) is 5.56 Å². The Hall–Kier alpha value is -3.59. The normalized spacial score (nSPS) is 14.2. The number of aromatic nitrogens is 3. The van der Waals surface area contributed by atoms with Gasteiger partial charge in [0, 0.05) is 49.3 Å². The lowest BCUT2D eigenvalue weighted by atomic mass is 10.0. The first-order valence-electron chi connectivity index (χ1n) is 9.20. The third-order valence-corrected chi connectivity index (χ3v) is 4.52. The average molecular weight is 392 g/mol. The Labute approximate surface area is 167 Å². The summed E-state index contributed by atoms with van der Waals surface area (Å²) in [6.45, 7) is 3.10. The number of likely N-dealkylation sites (tertiary alicyclic amines) is 1. The van der Waals surface area contributed by atoms with Crippen molar-refractivity contribution in [2.75, 3.05) is 30.3 Å². The van der Waals surface area contributed by atoms with Crippen LogP contribution in [0.2, 0.25) is 0 Å². The molecule has 2 aromatic heterocycles. The smallest absolute Gasteiger partial charge is 0.238 e. The summed E-state index contributed by atoms with van der Waals surface area (Å²) in [7, 11) is 0. The number of carbonyl (C=O) groups is 2. The number of nitrogens with zero attached hydrogens (tertiary/aromatic N) is 4. The van der Waals surface area contributed by atoms with E-state index in [4.69, 9.17) is 4.52 Å². The van der Waals surface area contributed by atoms with Gasteiger partial charge in [-0.3, -0.25) is 19.5 Å². The van der Waals surface area contributed by atoms with E-state index in [1.807, 2.05) is 17.0 Å². The van der Waals surface area contributed by atoms with Crippen LogP contribution in [0.5, 0.6) is 0 Å². The molecule has 0 aliphatic carbocycles. The molecule has 0 atom stereocenters. The summed E-state index contributed by atoms with van der Waals surface area (Å²) in [5.74, 6) is 0.985. The predicted molar refractivity (Wildman–Crippen MR) is 106 cm³/mol. The van der Waals surface area contributed by atoms with Crippen molar-refractivity contribution < 1.29 is 14.1 Å². The van der Waals surface area contributed by atoms with Gasteiger partial charge in [0.15, 0.2) is 0 Å². The molecule has 9 heteroatoms. The molecular weight excluding hydrogens is 372 g/mol. The summed E-state index contributed by atoms with van der Waals surface area (Å²) in [6, 6.07) is 10.7. The summed E-state index contributed by atoms with van der Waals surface area (Å²) >= 11 is 0. The van der Waals surface area contributed by atoms with Gasteiger partial charge in [-0.2, -0.15) is 4.98 Å². The topological polar surface area (TPSA) is 113 Å². The van der Waals surface area contributed by atoms with Crippen LogP contribution >= 0.6 is 0 Å². The first-order chi connectivity index (χ1) is 14.1. The number of hydrogen-bond donors (Lipinski definition) is 2. The second-order valence-corrected chi connectivity index (χ2v) is 6.90. The Morgan fingerprint density at radius 3 is 2.52 bits per heavy atom. The van der Waals surface area contributed by atoms with Crippen LogP contribution in [0.1, 0.15) is 18.7 Å². The molecule has 2 N–H and O–H groups in total. The van der Waals surface area contributed by atoms with Crippen molar-refractivity contribution in [3.63, 3.8) is 0 Å². The predicted octanol–water partition coefficient (Wildman–Crippen LogP) is 2.13. The fraction of sp³-hybridized carbons (Fsp3) is 0.250. The summed E-state index contributed by atoms with van der Waals surface area (Å²) in [5.41, 5.74) is 2.17. The standard InChI is InChI=1S/C20H20N6O3/c1-13(27)22-16-4-6-17(7-5-16)23-18(28)12-26-10-15(11-26)20-24-19(25-29-20)14-3-2-8-21-9-14/h2-9,15H,10-12H2,1H3,(H,22,27)(H,23,28). The highest BCUT2D eigenvalue weighted by molar-refractivity contribution is 5.93. The Morgan fingerprint density at radius 2 is 1.86 bits per heavy atom. The number of benzene rings is 1. The van der Waals surface area contributed by atoms with Crippen molar-refractivity contribution in [3.05, 3.63) is 54.7 Å². The number of carbonyl (C=O) groups excluding carboxylic acids is 2. The van der Waals surface area contributed by atoms with Gasteiger partial charge in [0.05, 0.1) is 12.5 Å². The fourth-order valence-corrected chi connectivity index (χ4v) is 3.11. The molecule has 3 aromatic rings. The molecule has 0 spiro atoms. The maximum Gasteiger partial charge on any atom is 0.238 e. The van der Waals surface area contributed by atoms with Crippen LogP contribution in [-0.4, -0.2) is 51.5 Å². The van der Waals surface area contributed by atoms with Crippen molar-refractivity contribution in [2.24, 2.45) is 0 Å². The highest BCUT2D eigenvalue weighted by Gasteiger charge is 2.33. The molecule has 0 radical (unpaired) electrons. The van der Waals surface area contributed by atoms with Gasteiger partial charge >= 0.3 is 0 Å². The number of amides is 2. The third-order valence-electron chi connectivity index (χ3n) is 4.52. The molecule has 0 saturated carbocycles.